The van der Waals surface area contributed by atoms with E-state index in [0.717, 1.165) is 0 Å². The number of esters is 1. The van der Waals surface area contributed by atoms with Gasteiger partial charge in [0, 0.05) is 0 Å². The van der Waals surface area contributed by atoms with E-state index in [1.54, 1.807) is 51.1 Å². The van der Waals surface area contributed by atoms with Crippen LogP contribution in [0.2, 0.25) is 0 Å². The number of ether oxygens (including phenoxy) is 1. The molecule has 1 aromatic carbocycles. The molecule has 0 amide bonds. The summed E-state index contributed by atoms with van der Waals surface area (Å²) in [6, 6.07) is 7.84. The molecule has 0 unspecified atom stereocenters. The molecule has 0 saturated heterocycles. The molecule has 0 aliphatic heterocycles. The standard InChI is InChI=1S/C15H15NO4/c1-15(2,3)14(19)20-12-6-4-10(5-7-12)8-11(9-16)13(17)18/h4-8H,1-3H3,(H,17,18)/b11-8+. The molecule has 1 rings (SSSR count). The Balaban J connectivity index is 2.88. The average Bonchev–Trinajstić information content (AvgIpc) is 2.36. The third-order valence-electron chi connectivity index (χ3n) is 2.36. The number of nitriles is 1. The van der Waals surface area contributed by atoms with Crippen molar-refractivity contribution in [1.82, 2.24) is 0 Å². The smallest absolute Gasteiger partial charge is 0.346 e. The minimum Gasteiger partial charge on any atom is -0.477 e. The summed E-state index contributed by atoms with van der Waals surface area (Å²) >= 11 is 0. The van der Waals surface area contributed by atoms with Gasteiger partial charge in [0.05, 0.1) is 5.41 Å². The fourth-order valence-corrected chi connectivity index (χ4v) is 1.20. The van der Waals surface area contributed by atoms with Crippen LogP contribution in [0.1, 0.15) is 26.3 Å². The van der Waals surface area contributed by atoms with Gasteiger partial charge in [-0.3, -0.25) is 4.79 Å². The second-order valence-electron chi connectivity index (χ2n) is 5.18. The van der Waals surface area contributed by atoms with E-state index in [9.17, 15) is 9.59 Å². The van der Waals surface area contributed by atoms with E-state index in [1.165, 1.54) is 6.08 Å². The molecule has 1 N–H and O–H groups in total. The van der Waals surface area contributed by atoms with Crippen LogP contribution >= 0.6 is 0 Å². The second kappa shape index (κ2) is 6.02. The summed E-state index contributed by atoms with van der Waals surface area (Å²) < 4.78 is 5.17. The van der Waals surface area contributed by atoms with Crippen LogP contribution in [0, 0.1) is 16.7 Å². The van der Waals surface area contributed by atoms with Gasteiger partial charge in [-0.25, -0.2) is 4.79 Å². The lowest BCUT2D eigenvalue weighted by molar-refractivity contribution is -0.143. The van der Waals surface area contributed by atoms with Gasteiger partial charge in [0.2, 0.25) is 0 Å². The lowest BCUT2D eigenvalue weighted by Gasteiger charge is -2.16. The first kappa shape index (κ1) is 15.4. The number of carbonyl (C=O) groups excluding carboxylic acids is 1. The molecule has 0 aliphatic carbocycles. The van der Waals surface area contributed by atoms with Crippen LogP contribution in [0.4, 0.5) is 0 Å². The molecule has 5 heteroatoms. The number of hydrogen-bond donors (Lipinski definition) is 1. The summed E-state index contributed by atoms with van der Waals surface area (Å²) in [7, 11) is 0. The summed E-state index contributed by atoms with van der Waals surface area (Å²) in [4.78, 5) is 22.4. The van der Waals surface area contributed by atoms with Gasteiger partial charge in [-0.05, 0) is 44.5 Å². The van der Waals surface area contributed by atoms with Crippen LogP contribution < -0.4 is 4.74 Å². The van der Waals surface area contributed by atoms with Crippen molar-refractivity contribution in [2.45, 2.75) is 20.8 Å². The van der Waals surface area contributed by atoms with Crippen LogP contribution in [0.15, 0.2) is 29.8 Å². The predicted molar refractivity (Wildman–Crippen MR) is 72.8 cm³/mol. The number of hydrogen-bond acceptors (Lipinski definition) is 4. The van der Waals surface area contributed by atoms with Crippen molar-refractivity contribution in [3.8, 4) is 11.8 Å². The highest BCUT2D eigenvalue weighted by atomic mass is 16.5. The molecule has 20 heavy (non-hydrogen) atoms. The lowest BCUT2D eigenvalue weighted by atomic mass is 9.97. The van der Waals surface area contributed by atoms with E-state index in [2.05, 4.69) is 0 Å². The Morgan fingerprint density at radius 3 is 2.20 bits per heavy atom. The molecular weight excluding hydrogens is 258 g/mol. The summed E-state index contributed by atoms with van der Waals surface area (Å²) in [5.41, 5.74) is -0.417. The van der Waals surface area contributed by atoms with E-state index >= 15 is 0 Å². The third kappa shape index (κ3) is 4.25. The van der Waals surface area contributed by atoms with E-state index in [1.807, 2.05) is 0 Å². The zero-order valence-corrected chi connectivity index (χ0v) is 11.5. The van der Waals surface area contributed by atoms with E-state index in [0.29, 0.717) is 11.3 Å². The fourth-order valence-electron chi connectivity index (χ4n) is 1.20. The molecule has 0 atom stereocenters. The number of rotatable bonds is 3. The maximum absolute atomic E-state index is 11.7. The highest BCUT2D eigenvalue weighted by Gasteiger charge is 2.23. The van der Waals surface area contributed by atoms with Crippen LogP contribution in [-0.4, -0.2) is 17.0 Å². The Kier molecular flexibility index (Phi) is 4.65. The van der Waals surface area contributed by atoms with Gasteiger partial charge in [-0.2, -0.15) is 5.26 Å². The third-order valence-corrected chi connectivity index (χ3v) is 2.36. The summed E-state index contributed by atoms with van der Waals surface area (Å²) in [5, 5.41) is 17.4. The number of carboxylic acid groups (broad SMARTS) is 1. The van der Waals surface area contributed by atoms with Crippen LogP contribution in [0.3, 0.4) is 0 Å². The van der Waals surface area contributed by atoms with Crippen LogP contribution in [0.5, 0.6) is 5.75 Å². The van der Waals surface area contributed by atoms with Gasteiger partial charge >= 0.3 is 11.9 Å². The summed E-state index contributed by atoms with van der Waals surface area (Å²) in [6.45, 7) is 5.25. The number of carboxylic acids is 1. The van der Waals surface area contributed by atoms with Crippen molar-refractivity contribution in [2.75, 3.05) is 0 Å². The zero-order valence-electron chi connectivity index (χ0n) is 11.5. The van der Waals surface area contributed by atoms with Crippen molar-refractivity contribution >= 4 is 18.0 Å². The van der Waals surface area contributed by atoms with Crippen molar-refractivity contribution in [3.05, 3.63) is 35.4 Å². The van der Waals surface area contributed by atoms with Crippen molar-refractivity contribution in [1.29, 1.82) is 5.26 Å². The normalized spacial score (nSPS) is 11.6. The molecule has 0 fully saturated rings. The molecule has 5 nitrogen and oxygen atoms in total. The Morgan fingerprint density at radius 2 is 1.80 bits per heavy atom. The van der Waals surface area contributed by atoms with Gasteiger partial charge in [0.1, 0.15) is 17.4 Å². The minimum atomic E-state index is -1.28. The SMILES string of the molecule is CC(C)(C)C(=O)Oc1ccc(/C=C(\C#N)C(=O)O)cc1. The Bertz CT molecular complexity index is 586. The molecule has 0 saturated carbocycles. The van der Waals surface area contributed by atoms with Gasteiger partial charge in [-0.15, -0.1) is 0 Å². The first-order valence-electron chi connectivity index (χ1n) is 5.91. The van der Waals surface area contributed by atoms with Gasteiger partial charge in [0.25, 0.3) is 0 Å². The zero-order chi connectivity index (χ0) is 15.3. The first-order chi connectivity index (χ1) is 9.24. The average molecular weight is 273 g/mol. The van der Waals surface area contributed by atoms with Gasteiger partial charge in [-0.1, -0.05) is 12.1 Å². The molecule has 0 bridgehead atoms. The molecular formula is C15H15NO4. The molecule has 0 heterocycles. The molecule has 1 aromatic rings. The topological polar surface area (TPSA) is 87.4 Å². The Morgan fingerprint density at radius 1 is 1.25 bits per heavy atom. The highest BCUT2D eigenvalue weighted by Crippen LogP contribution is 2.20. The molecule has 0 aromatic heterocycles. The fraction of sp³-hybridized carbons (Fsp3) is 0.267. The predicted octanol–water partition coefficient (Wildman–Crippen LogP) is 2.63. The lowest BCUT2D eigenvalue weighted by Crippen LogP contribution is -2.25. The van der Waals surface area contributed by atoms with Crippen molar-refractivity contribution in [3.63, 3.8) is 0 Å². The summed E-state index contributed by atoms with van der Waals surface area (Å²) in [6.07, 6.45) is 1.25. The molecule has 0 aliphatic rings. The van der Waals surface area contributed by atoms with E-state index < -0.39 is 11.4 Å². The molecule has 0 radical (unpaired) electrons. The highest BCUT2D eigenvalue weighted by molar-refractivity contribution is 5.96. The van der Waals surface area contributed by atoms with Crippen molar-refractivity contribution in [2.24, 2.45) is 5.41 Å². The summed E-state index contributed by atoms with van der Waals surface area (Å²) in [5.74, 6) is -1.27. The quantitative estimate of drug-likeness (QED) is 0.396. The monoisotopic (exact) mass is 273 g/mol. The number of carbonyl (C=O) groups is 2. The minimum absolute atomic E-state index is 0.357. The van der Waals surface area contributed by atoms with Crippen LogP contribution in [-0.2, 0) is 9.59 Å². The molecule has 104 valence electrons. The maximum Gasteiger partial charge on any atom is 0.346 e. The Hall–Kier alpha value is -2.61. The van der Waals surface area contributed by atoms with Crippen LogP contribution in [0.25, 0.3) is 6.08 Å². The number of aliphatic carboxylic acids is 1. The van der Waals surface area contributed by atoms with E-state index in [4.69, 9.17) is 15.1 Å². The first-order valence-corrected chi connectivity index (χ1v) is 5.91. The van der Waals surface area contributed by atoms with Gasteiger partial charge in [0.15, 0.2) is 0 Å². The maximum atomic E-state index is 11.7. The van der Waals surface area contributed by atoms with Crippen molar-refractivity contribution < 1.29 is 19.4 Å². The second-order valence-corrected chi connectivity index (χ2v) is 5.18. The number of benzene rings is 1. The Labute approximate surface area is 117 Å². The van der Waals surface area contributed by atoms with E-state index in [-0.39, 0.29) is 11.5 Å². The molecule has 0 spiro atoms. The van der Waals surface area contributed by atoms with Gasteiger partial charge < -0.3 is 9.84 Å². The largest absolute Gasteiger partial charge is 0.477 e. The number of nitrogens with zero attached hydrogens (tertiary/aromatic N) is 1.